The number of hydrogen-bond acceptors (Lipinski definition) is 20. The number of benzene rings is 4. The molecule has 0 spiro atoms. The third-order valence-electron chi connectivity index (χ3n) is 19.2. The summed E-state index contributed by atoms with van der Waals surface area (Å²) in [6, 6.07) is 27.2. The summed E-state index contributed by atoms with van der Waals surface area (Å²) in [5, 5.41) is 67.2. The van der Waals surface area contributed by atoms with E-state index in [1.54, 1.807) is 82.6 Å². The number of carboxylic acids is 2. The van der Waals surface area contributed by atoms with Gasteiger partial charge in [0.2, 0.25) is 23.6 Å². The van der Waals surface area contributed by atoms with Gasteiger partial charge in [-0.25, -0.2) is 0 Å². The highest BCUT2D eigenvalue weighted by Crippen LogP contribution is 2.28. The SMILES string of the molecule is N#C[C@@H]1CCCN1C(=O)CNC(=O)c1ccnc2ccc(OCCCN3CCN(C(=O)CCc4ccc(O)c(CN(CCN(CC(=O)O)Cc5cc(CCC(=O)N6CCN(CCCOc7ccc8nccc(C(=O)NCC(=O)N9CCC[C@H]9C#N)c8c7)CC6)ccc5O)CC(=O)O)c4)CC3)cc12. The van der Waals surface area contributed by atoms with Crippen molar-refractivity contribution in [3.8, 4) is 35.1 Å². The number of carbonyl (C=O) groups is 8. The van der Waals surface area contributed by atoms with Gasteiger partial charge in [-0.1, -0.05) is 24.3 Å². The largest absolute Gasteiger partial charge is 0.508 e. The van der Waals surface area contributed by atoms with Gasteiger partial charge in [0.05, 0.1) is 73.7 Å². The van der Waals surface area contributed by atoms with Gasteiger partial charge in [0.25, 0.3) is 11.8 Å². The second-order valence-electron chi connectivity index (χ2n) is 26.2. The van der Waals surface area contributed by atoms with Gasteiger partial charge in [0.15, 0.2) is 0 Å². The summed E-state index contributed by atoms with van der Waals surface area (Å²) in [5.74, 6) is -2.73. The van der Waals surface area contributed by atoms with Crippen LogP contribution in [0, 0.1) is 22.7 Å². The molecule has 10 rings (SSSR count). The molecule has 4 saturated heterocycles. The number of hydrogen-bond donors (Lipinski definition) is 6. The van der Waals surface area contributed by atoms with Crippen LogP contribution < -0.4 is 20.1 Å². The van der Waals surface area contributed by atoms with Crippen molar-refractivity contribution in [2.75, 3.05) is 131 Å². The van der Waals surface area contributed by atoms with E-state index < -0.39 is 48.9 Å². The maximum Gasteiger partial charge on any atom is 0.317 e. The number of nitriles is 2. The molecule has 4 fully saturated rings. The number of piperazine rings is 2. The topological polar surface area (TPSA) is 359 Å². The monoisotopic (exact) mass is 1400 g/mol. The van der Waals surface area contributed by atoms with Crippen molar-refractivity contribution in [2.24, 2.45) is 0 Å². The average molecular weight is 1400 g/mol. The van der Waals surface area contributed by atoms with Gasteiger partial charge in [-0.3, -0.25) is 67.9 Å². The summed E-state index contributed by atoms with van der Waals surface area (Å²) in [5.41, 5.74) is 4.33. The number of aryl methyl sites for hydroxylation is 2. The number of carboxylic acid groups (broad SMARTS) is 2. The molecule has 4 aliphatic rings. The number of nitrogens with zero attached hydrogens (tertiary/aromatic N) is 12. The Morgan fingerprint density at radius 1 is 0.520 bits per heavy atom. The van der Waals surface area contributed by atoms with Crippen molar-refractivity contribution >= 4 is 69.2 Å². The van der Waals surface area contributed by atoms with E-state index in [2.05, 4.69) is 42.5 Å². The van der Waals surface area contributed by atoms with E-state index >= 15 is 0 Å². The minimum absolute atomic E-state index is 0.0127. The van der Waals surface area contributed by atoms with Gasteiger partial charge < -0.3 is 60.1 Å². The molecule has 6 aromatic rings. The molecule has 4 aromatic carbocycles. The first-order chi connectivity index (χ1) is 49.4. The fraction of sp³-hybridized carbons (Fsp3) is 0.459. The number of ether oxygens (including phenoxy) is 2. The first kappa shape index (κ1) is 74.2. The molecule has 102 heavy (non-hydrogen) atoms. The van der Waals surface area contributed by atoms with Gasteiger partial charge >= 0.3 is 11.9 Å². The number of amides is 6. The van der Waals surface area contributed by atoms with Gasteiger partial charge in [-0.15, -0.1) is 0 Å². The van der Waals surface area contributed by atoms with Crippen LogP contribution in [0.25, 0.3) is 21.8 Å². The van der Waals surface area contributed by atoms with Crippen LogP contribution in [0.4, 0.5) is 0 Å². The van der Waals surface area contributed by atoms with Crippen LogP contribution in [0.3, 0.4) is 0 Å². The van der Waals surface area contributed by atoms with Crippen molar-refractivity contribution in [3.63, 3.8) is 0 Å². The van der Waals surface area contributed by atoms with Crippen LogP contribution >= 0.6 is 0 Å². The highest BCUT2D eigenvalue weighted by molar-refractivity contribution is 6.08. The average Bonchev–Trinajstić information content (AvgIpc) is 0.854. The van der Waals surface area contributed by atoms with Gasteiger partial charge in [0.1, 0.15) is 35.1 Å². The van der Waals surface area contributed by atoms with E-state index in [0.717, 1.165) is 37.1 Å². The molecule has 0 unspecified atom stereocenters. The lowest BCUT2D eigenvalue weighted by molar-refractivity contribution is -0.140. The molecule has 28 heteroatoms. The second-order valence-corrected chi connectivity index (χ2v) is 26.2. The zero-order valence-electron chi connectivity index (χ0n) is 57.3. The fourth-order valence-corrected chi connectivity index (χ4v) is 13.6. The number of phenols is 2. The summed E-state index contributed by atoms with van der Waals surface area (Å²) < 4.78 is 12.2. The van der Waals surface area contributed by atoms with Crippen molar-refractivity contribution in [1.29, 1.82) is 10.5 Å². The second kappa shape index (κ2) is 36.2. The lowest BCUT2D eigenvalue weighted by Gasteiger charge is -2.34. The number of rotatable bonds is 33. The molecule has 28 nitrogen and oxygen atoms in total. The number of likely N-dealkylation sites (tertiary alicyclic amines) is 2. The van der Waals surface area contributed by atoms with Crippen LogP contribution in [0.5, 0.6) is 23.0 Å². The van der Waals surface area contributed by atoms with E-state index in [0.29, 0.717) is 173 Å². The summed E-state index contributed by atoms with van der Waals surface area (Å²) in [6.07, 6.45) is 8.42. The molecule has 0 bridgehead atoms. The zero-order valence-corrected chi connectivity index (χ0v) is 57.3. The van der Waals surface area contributed by atoms with Crippen LogP contribution in [-0.4, -0.2) is 260 Å². The predicted octanol–water partition coefficient (Wildman–Crippen LogP) is 4.25. The molecule has 6 heterocycles. The maximum absolute atomic E-state index is 13.5. The van der Waals surface area contributed by atoms with Gasteiger partial charge in [-0.2, -0.15) is 10.5 Å². The summed E-state index contributed by atoms with van der Waals surface area (Å²) in [4.78, 5) is 127. The Labute approximate surface area is 591 Å². The molecule has 2 atom stereocenters. The van der Waals surface area contributed by atoms with Crippen molar-refractivity contribution < 1.29 is 68.3 Å². The maximum atomic E-state index is 13.5. The molecule has 2 aromatic heterocycles. The van der Waals surface area contributed by atoms with E-state index in [1.807, 2.05) is 9.80 Å². The molecular weight excluding hydrogens is 1310 g/mol. The number of aromatic nitrogens is 2. The predicted molar refractivity (Wildman–Crippen MR) is 374 cm³/mol. The first-order valence-corrected chi connectivity index (χ1v) is 34.9. The Hall–Kier alpha value is -10.5. The summed E-state index contributed by atoms with van der Waals surface area (Å²) in [7, 11) is 0. The third kappa shape index (κ3) is 20.6. The highest BCUT2D eigenvalue weighted by Gasteiger charge is 2.31. The molecule has 6 amide bonds. The Balaban J connectivity index is 0.620. The Bertz CT molecular complexity index is 3830. The molecule has 6 N–H and O–H groups in total. The molecule has 0 radical (unpaired) electrons. The smallest absolute Gasteiger partial charge is 0.317 e. The normalized spacial score (nSPS) is 16.5. The summed E-state index contributed by atoms with van der Waals surface area (Å²) in [6.45, 7) is 7.11. The summed E-state index contributed by atoms with van der Waals surface area (Å²) >= 11 is 0. The van der Waals surface area contributed by atoms with E-state index in [1.165, 1.54) is 34.3 Å². The molecule has 0 saturated carbocycles. The van der Waals surface area contributed by atoms with E-state index in [9.17, 15) is 69.3 Å². The Kier molecular flexibility index (Phi) is 26.3. The first-order valence-electron chi connectivity index (χ1n) is 34.9. The van der Waals surface area contributed by atoms with E-state index in [-0.39, 0.29) is 87.2 Å². The van der Waals surface area contributed by atoms with Crippen LogP contribution in [0.1, 0.15) is 94.3 Å². The van der Waals surface area contributed by atoms with Gasteiger partial charge in [0, 0.05) is 152 Å². The number of pyridine rings is 2. The molecular formula is C74H88N14O14. The number of aromatic hydroxyl groups is 2. The number of carbonyl (C=O) groups excluding carboxylic acids is 6. The minimum Gasteiger partial charge on any atom is -0.508 e. The number of nitrogens with one attached hydrogen (secondary N) is 2. The van der Waals surface area contributed by atoms with Crippen molar-refractivity contribution in [3.05, 3.63) is 131 Å². The van der Waals surface area contributed by atoms with Crippen LogP contribution in [-0.2, 0) is 54.7 Å². The van der Waals surface area contributed by atoms with Crippen molar-refractivity contribution in [2.45, 2.75) is 89.4 Å². The molecule has 538 valence electrons. The fourth-order valence-electron chi connectivity index (χ4n) is 13.6. The molecule has 4 aliphatic heterocycles. The van der Waals surface area contributed by atoms with E-state index in [4.69, 9.17) is 9.47 Å². The van der Waals surface area contributed by atoms with Crippen molar-refractivity contribution in [1.82, 2.24) is 59.8 Å². The number of aliphatic carboxylic acids is 2. The zero-order chi connectivity index (χ0) is 72.1. The highest BCUT2D eigenvalue weighted by atomic mass is 16.5. The lowest BCUT2D eigenvalue weighted by Crippen LogP contribution is -2.49. The van der Waals surface area contributed by atoms with Crippen LogP contribution in [0.15, 0.2) is 97.3 Å². The minimum atomic E-state index is -1.13. The third-order valence-corrected chi connectivity index (χ3v) is 19.2. The van der Waals surface area contributed by atoms with Crippen LogP contribution in [0.2, 0.25) is 0 Å². The number of fused-ring (bicyclic) bond motifs is 2. The lowest BCUT2D eigenvalue weighted by atomic mass is 10.0. The standard InChI is InChI=1S/C74H88N14O14/c75-43-55-5-1-25-87(55)69(93)45-79-73(99)59-19-21-77-63-13-11-57(41-61(59)63)101-37-3-23-81-29-33-85(34-30-81)67(91)17-9-51-7-15-65(89)53(39-51)47-83(49-71(95)96)27-28-84(50-72(97)98)48-54-40-52(8-16-66(54)90)10-18-68(92)86-35-31-82(32-36-86)24-4-38-102-58-12-14-64-62(42-58)60(20-22-78-64)74(100)80-46-70(94)88-26-2-6-56(88)44-76/h7-8,11-16,19-22,39-42,55-56,89-90H,1-6,9-10,17-18,23-38,45-50H2,(H,79,99)(H,80,100)(H,95,96)(H,97,98)/t55-,56-/m0/s1. The quantitative estimate of drug-likeness (QED) is 0.0314. The Morgan fingerprint density at radius 2 is 0.931 bits per heavy atom. The molecule has 0 aliphatic carbocycles. The Morgan fingerprint density at radius 3 is 1.32 bits per heavy atom. The number of phenolic OH excluding ortho intramolecular Hbond substituents is 2. The van der Waals surface area contributed by atoms with Gasteiger partial charge in [-0.05, 0) is 123 Å².